The Morgan fingerprint density at radius 3 is 0.556 bits per heavy atom. The van der Waals surface area contributed by atoms with Crippen molar-refractivity contribution in [1.29, 1.82) is 0 Å². The maximum Gasteiger partial charge on any atom is 0.284 e. The van der Waals surface area contributed by atoms with E-state index in [0.29, 0.717) is 47.3 Å². The topological polar surface area (TPSA) is 0 Å². The molecule has 0 heterocycles. The predicted molar refractivity (Wildman–Crippen MR) is 332 cm³/mol. The van der Waals surface area contributed by atoms with Crippen LogP contribution in [0.2, 0.25) is 39.3 Å². The zero-order valence-corrected chi connectivity index (χ0v) is 53.5. The van der Waals surface area contributed by atoms with Crippen molar-refractivity contribution in [2.75, 3.05) is 0 Å². The van der Waals surface area contributed by atoms with Crippen LogP contribution in [0.4, 0.5) is 0 Å². The van der Waals surface area contributed by atoms with Crippen molar-refractivity contribution in [3.8, 4) is 44.5 Å². The highest BCUT2D eigenvalue weighted by Crippen LogP contribution is 2.44. The first-order valence-corrected chi connectivity index (χ1v) is 37.2. The Kier molecular flexibility index (Phi) is 19.0. The predicted octanol–water partition coefficient (Wildman–Crippen LogP) is 19.7. The van der Waals surface area contributed by atoms with Gasteiger partial charge in [-0.3, -0.25) is 0 Å². The third-order valence-electron chi connectivity index (χ3n) is 15.3. The lowest BCUT2D eigenvalue weighted by Gasteiger charge is -2.36. The molecule has 0 aromatic heterocycles. The van der Waals surface area contributed by atoms with Gasteiger partial charge in [-0.15, -0.1) is 8.85 Å². The van der Waals surface area contributed by atoms with Gasteiger partial charge in [-0.2, -0.15) is 8.12 Å². The Morgan fingerprint density at radius 1 is 0.264 bits per heavy atom. The Bertz CT molecular complexity index is 2420. The van der Waals surface area contributed by atoms with Crippen LogP contribution >= 0.6 is 0 Å². The highest BCUT2D eigenvalue weighted by Gasteiger charge is 2.35. The summed E-state index contributed by atoms with van der Waals surface area (Å²) in [7, 11) is -4.04. The van der Waals surface area contributed by atoms with E-state index in [1.807, 2.05) is 8.12 Å². The summed E-state index contributed by atoms with van der Waals surface area (Å²) < 4.78 is 6.97. The number of rotatable bonds is 18. The van der Waals surface area contributed by atoms with Gasteiger partial charge in [-0.25, -0.2) is 0 Å². The standard InChI is InChI=1S/2C30H37.C8H18Si2.2Al/c2*1-19(2)25-14-10-15-26(20(3)4)29(25)23-12-9-13-24(18-23)30-27(21(5)6)16-11-17-28(30)22(7)8;1-9(2,3)7-8-10(4,5)6;;/h2*9-17,19-22H,1-8H3;1-6H3;;. The zero-order valence-electron chi connectivity index (χ0n) is 49.2. The summed E-state index contributed by atoms with van der Waals surface area (Å²) in [5.41, 5.74) is 23.7. The van der Waals surface area contributed by atoms with Crippen LogP contribution in [0.3, 0.4) is 0 Å². The molecule has 0 amide bonds. The zero-order chi connectivity index (χ0) is 53.3. The van der Waals surface area contributed by atoms with Crippen molar-refractivity contribution in [3.05, 3.63) is 162 Å². The van der Waals surface area contributed by atoms with Crippen LogP contribution in [-0.4, -0.2) is 46.6 Å². The quantitative estimate of drug-likeness (QED) is 0.0753. The number of hydrogen-bond donors (Lipinski definition) is 0. The summed E-state index contributed by atoms with van der Waals surface area (Å²) in [6, 6.07) is 43.8. The molecule has 0 nitrogen and oxygen atoms in total. The van der Waals surface area contributed by atoms with Gasteiger partial charge in [0.1, 0.15) is 0 Å². The van der Waals surface area contributed by atoms with Crippen LogP contribution in [0.25, 0.3) is 44.5 Å². The van der Waals surface area contributed by atoms with E-state index in [0.717, 1.165) is 0 Å². The fraction of sp³-hybridized carbons (Fsp3) is 0.441. The molecule has 6 aromatic carbocycles. The maximum atomic E-state index is 2.70. The second kappa shape index (κ2) is 23.6. The first-order valence-electron chi connectivity index (χ1n) is 27.9. The molecule has 2 radical (unpaired) electrons. The summed E-state index contributed by atoms with van der Waals surface area (Å²) >= 11 is -0.529. The van der Waals surface area contributed by atoms with Gasteiger partial charge in [-0.05, 0) is 136 Å². The highest BCUT2D eigenvalue weighted by molar-refractivity contribution is 7.05. The molecule has 0 spiro atoms. The van der Waals surface area contributed by atoms with Crippen molar-refractivity contribution in [2.24, 2.45) is 0 Å². The molecule has 0 N–H and O–H groups in total. The van der Waals surface area contributed by atoms with Crippen LogP contribution in [0.15, 0.2) is 117 Å². The normalized spacial score (nSPS) is 13.0. The Balaban J connectivity index is 1.86. The molecule has 72 heavy (non-hydrogen) atoms. The molecular weight excluding hydrogens is 927 g/mol. The van der Waals surface area contributed by atoms with Crippen molar-refractivity contribution < 1.29 is 0 Å². The maximum absolute atomic E-state index is 2.70. The van der Waals surface area contributed by atoms with Gasteiger partial charge in [0.15, 0.2) is 0 Å². The Morgan fingerprint density at radius 2 is 0.417 bits per heavy atom. The van der Waals surface area contributed by atoms with E-state index in [-0.39, 0.29) is 30.4 Å². The summed E-state index contributed by atoms with van der Waals surface area (Å²) in [6.45, 7) is 54.7. The van der Waals surface area contributed by atoms with Crippen LogP contribution in [-0.2, 0) is 0 Å². The van der Waals surface area contributed by atoms with E-state index >= 15 is 0 Å². The van der Waals surface area contributed by atoms with Gasteiger partial charge in [0.25, 0.3) is 30.4 Å². The van der Waals surface area contributed by atoms with Crippen LogP contribution < -0.4 is 8.85 Å². The first-order chi connectivity index (χ1) is 33.7. The second-order valence-electron chi connectivity index (χ2n) is 25.6. The molecule has 378 valence electrons. The summed E-state index contributed by atoms with van der Waals surface area (Å²) in [5, 5.41) is 0. The first kappa shape index (κ1) is 57.8. The molecule has 0 atom stereocenters. The van der Waals surface area contributed by atoms with E-state index < -0.39 is 16.1 Å². The molecule has 0 unspecified atom stereocenters. The monoisotopic (exact) mass is 1020 g/mol. The lowest BCUT2D eigenvalue weighted by Crippen LogP contribution is -2.44. The summed E-state index contributed by atoms with van der Waals surface area (Å²) in [4.78, 5) is 0. The third-order valence-corrected chi connectivity index (χ3v) is 29.3. The molecule has 0 bridgehead atoms. The van der Waals surface area contributed by atoms with E-state index in [9.17, 15) is 0 Å². The molecular formula is C68H92Al2Si2. The average molecular weight is 1020 g/mol. The van der Waals surface area contributed by atoms with Crippen LogP contribution in [0.5, 0.6) is 0 Å². The van der Waals surface area contributed by atoms with Gasteiger partial charge in [0.2, 0.25) is 0 Å². The molecule has 6 rings (SSSR count). The van der Waals surface area contributed by atoms with Crippen molar-refractivity contribution in [2.45, 2.75) is 197 Å². The Labute approximate surface area is 455 Å². The fourth-order valence-electron chi connectivity index (χ4n) is 11.4. The van der Waals surface area contributed by atoms with E-state index in [1.165, 1.54) is 89.0 Å². The molecule has 0 aliphatic carbocycles. The Hall–Kier alpha value is -3.44. The number of benzene rings is 6. The highest BCUT2D eigenvalue weighted by atomic mass is 28.3. The van der Waals surface area contributed by atoms with Crippen LogP contribution in [0.1, 0.15) is 203 Å². The molecule has 6 aromatic rings. The largest absolute Gasteiger partial charge is 0.284 e. The molecule has 0 saturated carbocycles. The van der Waals surface area contributed by atoms with E-state index in [4.69, 9.17) is 0 Å². The van der Waals surface area contributed by atoms with Gasteiger partial charge in [-0.1, -0.05) is 259 Å². The lowest BCUT2D eigenvalue weighted by atomic mass is 9.81. The smallest absolute Gasteiger partial charge is 0.164 e. The van der Waals surface area contributed by atoms with E-state index in [1.54, 1.807) is 8.85 Å². The molecule has 0 saturated heterocycles. The lowest BCUT2D eigenvalue weighted by molar-refractivity contribution is 0.837. The molecule has 0 fully saturated rings. The molecule has 0 aliphatic rings. The number of hydrogen-bond acceptors (Lipinski definition) is 0. The minimum absolute atomic E-state index is 0.265. The minimum atomic E-state index is -2.02. The average Bonchev–Trinajstić information content (AvgIpc) is 3.30. The second-order valence-corrected chi connectivity index (χ2v) is 39.8. The SMILES string of the molecule is CC(C)c1cccc(C(C)C)c1-c1cccc(-c2c(C(C)C)cccc2C(C)C)[c]1[Al]/[C](=[C](\[Al][c]1c(-c2c(C(C)C)cccc2C(C)C)cccc1-c1c(C(C)C)cccc1C(C)C)[Si](C)(C)C)[Si](C)(C)C. The van der Waals surface area contributed by atoms with Gasteiger partial charge < -0.3 is 0 Å². The van der Waals surface area contributed by atoms with Crippen molar-refractivity contribution >= 4 is 55.4 Å². The van der Waals surface area contributed by atoms with Crippen molar-refractivity contribution in [3.63, 3.8) is 0 Å². The third kappa shape index (κ3) is 12.3. The van der Waals surface area contributed by atoms with Crippen LogP contribution in [0, 0.1) is 0 Å². The molecule has 0 aliphatic heterocycles. The van der Waals surface area contributed by atoms with E-state index in [2.05, 4.69) is 259 Å². The minimum Gasteiger partial charge on any atom is -0.164 e. The molecule has 4 heteroatoms. The summed E-state index contributed by atoms with van der Waals surface area (Å²) in [5.74, 6) is 3.20. The van der Waals surface area contributed by atoms with Gasteiger partial charge >= 0.3 is 0 Å². The van der Waals surface area contributed by atoms with Crippen molar-refractivity contribution in [1.82, 2.24) is 0 Å². The fourth-order valence-corrected chi connectivity index (χ4v) is 25.6. The van der Waals surface area contributed by atoms with Gasteiger partial charge in [0.05, 0.1) is 16.1 Å². The summed E-state index contributed by atoms with van der Waals surface area (Å²) in [6.07, 6.45) is 0. The van der Waals surface area contributed by atoms with Gasteiger partial charge in [0, 0.05) is 0 Å².